The third kappa shape index (κ3) is 2.83. The van der Waals surface area contributed by atoms with Gasteiger partial charge in [-0.05, 0) is 12.1 Å². The van der Waals surface area contributed by atoms with Crippen molar-refractivity contribution in [2.24, 2.45) is 0 Å². The van der Waals surface area contributed by atoms with E-state index in [1.165, 1.54) is 17.8 Å². The number of nitrogen functional groups attached to an aromatic ring is 1. The summed E-state index contributed by atoms with van der Waals surface area (Å²) in [6.45, 7) is 0. The maximum Gasteiger partial charge on any atom is 0.216 e. The van der Waals surface area contributed by atoms with Crippen molar-refractivity contribution in [3.05, 3.63) is 36.2 Å². The standard InChI is InChI=1S/C10H10N4OS/c11-8-5-9(15)14-10(13-8)16-6-7-3-1-2-4-12-7/h1-5H,6H2,(H3,11,13,14,15). The van der Waals surface area contributed by atoms with E-state index in [1.54, 1.807) is 6.20 Å². The van der Waals surface area contributed by atoms with Gasteiger partial charge < -0.3 is 10.8 Å². The van der Waals surface area contributed by atoms with Gasteiger partial charge in [-0.1, -0.05) is 17.8 Å². The summed E-state index contributed by atoms with van der Waals surface area (Å²) in [5.74, 6) is 0.788. The van der Waals surface area contributed by atoms with Crippen molar-refractivity contribution in [2.75, 3.05) is 5.73 Å². The van der Waals surface area contributed by atoms with Crippen LogP contribution in [0.25, 0.3) is 0 Å². The Balaban J connectivity index is 2.05. The molecule has 0 radical (unpaired) electrons. The molecular formula is C10H10N4OS. The van der Waals surface area contributed by atoms with Crippen LogP contribution in [0.4, 0.5) is 5.82 Å². The summed E-state index contributed by atoms with van der Waals surface area (Å²) >= 11 is 1.38. The lowest BCUT2D eigenvalue weighted by Crippen LogP contribution is -1.95. The van der Waals surface area contributed by atoms with Crippen molar-refractivity contribution < 1.29 is 5.11 Å². The number of nitrogens with zero attached hydrogens (tertiary/aromatic N) is 3. The quantitative estimate of drug-likeness (QED) is 0.617. The molecule has 0 unspecified atom stereocenters. The van der Waals surface area contributed by atoms with Gasteiger partial charge in [0, 0.05) is 18.0 Å². The van der Waals surface area contributed by atoms with Crippen molar-refractivity contribution in [1.29, 1.82) is 0 Å². The maximum absolute atomic E-state index is 9.23. The zero-order valence-corrected chi connectivity index (χ0v) is 9.18. The molecule has 3 N–H and O–H groups in total. The minimum absolute atomic E-state index is 0.115. The number of rotatable bonds is 3. The summed E-state index contributed by atoms with van der Waals surface area (Å²) in [5.41, 5.74) is 6.42. The van der Waals surface area contributed by atoms with E-state index in [9.17, 15) is 5.11 Å². The molecule has 0 amide bonds. The van der Waals surface area contributed by atoms with Crippen LogP contribution >= 0.6 is 11.8 Å². The van der Waals surface area contributed by atoms with Crippen LogP contribution in [0.2, 0.25) is 0 Å². The molecule has 0 saturated carbocycles. The molecule has 2 aromatic rings. The molecule has 0 aromatic carbocycles. The fourth-order valence-electron chi connectivity index (χ4n) is 1.12. The van der Waals surface area contributed by atoms with Gasteiger partial charge >= 0.3 is 0 Å². The van der Waals surface area contributed by atoms with Gasteiger partial charge in [0.15, 0.2) is 5.16 Å². The molecule has 16 heavy (non-hydrogen) atoms. The van der Waals surface area contributed by atoms with Crippen LogP contribution in [0, 0.1) is 0 Å². The third-order valence-corrected chi connectivity index (χ3v) is 2.67. The monoisotopic (exact) mass is 234 g/mol. The summed E-state index contributed by atoms with van der Waals surface area (Å²) in [7, 11) is 0. The molecular weight excluding hydrogens is 224 g/mol. The summed E-state index contributed by atoms with van der Waals surface area (Å²) in [6, 6.07) is 7.00. The zero-order valence-electron chi connectivity index (χ0n) is 8.37. The fraction of sp³-hybridized carbons (Fsp3) is 0.100. The minimum atomic E-state index is -0.115. The second kappa shape index (κ2) is 4.80. The van der Waals surface area contributed by atoms with E-state index in [0.717, 1.165) is 5.69 Å². The second-order valence-electron chi connectivity index (χ2n) is 3.04. The first-order chi connectivity index (χ1) is 7.74. The Hall–Kier alpha value is -1.82. The Kier molecular flexibility index (Phi) is 3.21. The molecule has 82 valence electrons. The van der Waals surface area contributed by atoms with Gasteiger partial charge in [0.1, 0.15) is 5.82 Å². The third-order valence-electron chi connectivity index (χ3n) is 1.79. The van der Waals surface area contributed by atoms with Crippen LogP contribution in [-0.4, -0.2) is 20.1 Å². The number of thioether (sulfide) groups is 1. The van der Waals surface area contributed by atoms with Gasteiger partial charge in [0.05, 0.1) is 5.69 Å². The van der Waals surface area contributed by atoms with Crippen molar-refractivity contribution in [2.45, 2.75) is 10.9 Å². The first-order valence-electron chi connectivity index (χ1n) is 4.60. The minimum Gasteiger partial charge on any atom is -0.493 e. The average Bonchev–Trinajstić information content (AvgIpc) is 2.27. The summed E-state index contributed by atoms with van der Waals surface area (Å²) in [5, 5.41) is 9.68. The van der Waals surface area contributed by atoms with Crippen LogP contribution in [-0.2, 0) is 5.75 Å². The Bertz CT molecular complexity index is 457. The Morgan fingerprint density at radius 2 is 2.19 bits per heavy atom. The molecule has 5 nitrogen and oxygen atoms in total. The van der Waals surface area contributed by atoms with Crippen LogP contribution in [0.1, 0.15) is 5.69 Å². The van der Waals surface area contributed by atoms with Crippen LogP contribution < -0.4 is 5.73 Å². The van der Waals surface area contributed by atoms with Gasteiger partial charge in [-0.3, -0.25) is 4.98 Å². The van der Waals surface area contributed by atoms with Crippen molar-refractivity contribution in [3.63, 3.8) is 0 Å². The lowest BCUT2D eigenvalue weighted by molar-refractivity contribution is 0.446. The van der Waals surface area contributed by atoms with Gasteiger partial charge in [-0.15, -0.1) is 0 Å². The van der Waals surface area contributed by atoms with Crippen molar-refractivity contribution in [1.82, 2.24) is 15.0 Å². The van der Waals surface area contributed by atoms with Gasteiger partial charge in [0.2, 0.25) is 5.88 Å². The Morgan fingerprint density at radius 3 is 2.88 bits per heavy atom. The molecule has 0 atom stereocenters. The van der Waals surface area contributed by atoms with Crippen LogP contribution in [0.15, 0.2) is 35.6 Å². The largest absolute Gasteiger partial charge is 0.493 e. The van der Waals surface area contributed by atoms with E-state index in [-0.39, 0.29) is 11.7 Å². The summed E-state index contributed by atoms with van der Waals surface area (Å²) in [6.07, 6.45) is 1.73. The van der Waals surface area contributed by atoms with Crippen molar-refractivity contribution >= 4 is 17.6 Å². The zero-order chi connectivity index (χ0) is 11.4. The highest BCUT2D eigenvalue weighted by Crippen LogP contribution is 2.21. The van der Waals surface area contributed by atoms with E-state index in [2.05, 4.69) is 15.0 Å². The van der Waals surface area contributed by atoms with E-state index in [4.69, 9.17) is 5.73 Å². The molecule has 0 spiro atoms. The molecule has 0 aliphatic carbocycles. The number of nitrogens with two attached hydrogens (primary N) is 1. The normalized spacial score (nSPS) is 10.2. The molecule has 2 heterocycles. The van der Waals surface area contributed by atoms with Crippen LogP contribution in [0.3, 0.4) is 0 Å². The van der Waals surface area contributed by atoms with E-state index >= 15 is 0 Å². The van der Waals surface area contributed by atoms with Gasteiger partial charge in [-0.25, -0.2) is 4.98 Å². The Morgan fingerprint density at radius 1 is 1.31 bits per heavy atom. The number of anilines is 1. The highest BCUT2D eigenvalue weighted by Gasteiger charge is 2.03. The topological polar surface area (TPSA) is 84.9 Å². The van der Waals surface area contributed by atoms with E-state index in [1.807, 2.05) is 18.2 Å². The SMILES string of the molecule is Nc1cc(O)nc(SCc2ccccn2)n1. The lowest BCUT2D eigenvalue weighted by Gasteiger charge is -2.01. The number of hydrogen-bond donors (Lipinski definition) is 2. The first-order valence-corrected chi connectivity index (χ1v) is 5.59. The fourth-order valence-corrected chi connectivity index (χ4v) is 1.89. The number of aromatic nitrogens is 3. The predicted molar refractivity (Wildman–Crippen MR) is 61.9 cm³/mol. The number of hydrogen-bond acceptors (Lipinski definition) is 6. The number of aromatic hydroxyl groups is 1. The molecule has 2 rings (SSSR count). The molecule has 0 bridgehead atoms. The summed E-state index contributed by atoms with van der Waals surface area (Å²) < 4.78 is 0. The van der Waals surface area contributed by atoms with Crippen LogP contribution in [0.5, 0.6) is 5.88 Å². The second-order valence-corrected chi connectivity index (χ2v) is 3.99. The smallest absolute Gasteiger partial charge is 0.216 e. The lowest BCUT2D eigenvalue weighted by atomic mass is 10.4. The average molecular weight is 234 g/mol. The summed E-state index contributed by atoms with van der Waals surface area (Å²) in [4.78, 5) is 12.0. The maximum atomic E-state index is 9.23. The molecule has 0 aliphatic heterocycles. The molecule has 2 aromatic heterocycles. The molecule has 0 aliphatic rings. The van der Waals surface area contributed by atoms with E-state index in [0.29, 0.717) is 10.9 Å². The predicted octanol–water partition coefficient (Wildman–Crippen LogP) is 1.45. The molecule has 0 fully saturated rings. The molecule has 0 saturated heterocycles. The number of pyridine rings is 1. The van der Waals surface area contributed by atoms with Gasteiger partial charge in [0.25, 0.3) is 0 Å². The highest BCUT2D eigenvalue weighted by atomic mass is 32.2. The van der Waals surface area contributed by atoms with E-state index < -0.39 is 0 Å². The molecule has 6 heteroatoms. The first kappa shape index (κ1) is 10.7. The van der Waals surface area contributed by atoms with Gasteiger partial charge in [-0.2, -0.15) is 4.98 Å². The Labute approximate surface area is 96.8 Å². The highest BCUT2D eigenvalue weighted by molar-refractivity contribution is 7.98. The van der Waals surface area contributed by atoms with Crippen molar-refractivity contribution in [3.8, 4) is 5.88 Å².